The van der Waals surface area contributed by atoms with Crippen molar-refractivity contribution in [3.63, 3.8) is 0 Å². The van der Waals surface area contributed by atoms with Gasteiger partial charge in [-0.05, 0) is 0 Å². The molecule has 0 heterocycles. The Kier molecular flexibility index (Phi) is 7.48. The van der Waals surface area contributed by atoms with Crippen molar-refractivity contribution in [1.29, 1.82) is 0 Å². The minimum absolute atomic E-state index is 0.113. The molecule has 2 aromatic carbocycles. The molecule has 0 saturated carbocycles. The second-order valence-electron chi connectivity index (χ2n) is 12.8. The molecule has 0 saturated heterocycles. The Morgan fingerprint density at radius 2 is 1.10 bits per heavy atom. The van der Waals surface area contributed by atoms with E-state index in [1.165, 1.54) is 35.8 Å². The van der Waals surface area contributed by atoms with E-state index in [-0.39, 0.29) is 16.2 Å². The second-order valence-corrected chi connectivity index (χ2v) is 28.3. The van der Waals surface area contributed by atoms with E-state index in [0.717, 1.165) is 0 Å². The first-order valence-electron chi connectivity index (χ1n) is 11.2. The van der Waals surface area contributed by atoms with Crippen LogP contribution >= 0.6 is 8.20 Å². The van der Waals surface area contributed by atoms with Crippen molar-refractivity contribution in [2.24, 2.45) is 0 Å². The van der Waals surface area contributed by atoms with Crippen molar-refractivity contribution >= 4 is 41.3 Å². The van der Waals surface area contributed by atoms with Gasteiger partial charge in [-0.25, -0.2) is 0 Å². The molecule has 0 unspecified atom stereocenters. The molecule has 0 N–H and O–H groups in total. The zero-order valence-electron chi connectivity index (χ0n) is 21.5. The standard InChI is InChI=1S/C25H34P.3CH3.Sn/c1-23(2,3)19-15-20(24(4,5)6)22(21(16-19)25(7,8)9)26-17-18-13-11-10-12-14-18;;;;/h11-17H,1-9H3;3*1H3;. The van der Waals surface area contributed by atoms with Crippen molar-refractivity contribution in [2.45, 2.75) is 93.4 Å². The fraction of sp³-hybridized carbons (Fsp3) is 0.536. The van der Waals surface area contributed by atoms with Gasteiger partial charge in [0.2, 0.25) is 0 Å². The van der Waals surface area contributed by atoms with Crippen molar-refractivity contribution < 1.29 is 0 Å². The number of benzene rings is 2. The molecule has 2 aromatic rings. The van der Waals surface area contributed by atoms with Crippen LogP contribution in [0.3, 0.4) is 0 Å². The zero-order chi connectivity index (χ0) is 23.1. The van der Waals surface area contributed by atoms with Gasteiger partial charge in [-0.15, -0.1) is 0 Å². The maximum atomic E-state index is 2.48. The molecule has 2 rings (SSSR count). The summed E-state index contributed by atoms with van der Waals surface area (Å²) in [5.74, 6) is 2.40. The van der Waals surface area contributed by atoms with Gasteiger partial charge in [0.25, 0.3) is 0 Å². The van der Waals surface area contributed by atoms with E-state index >= 15 is 0 Å². The Labute approximate surface area is 192 Å². The van der Waals surface area contributed by atoms with E-state index in [1.54, 1.807) is 3.58 Å². The van der Waals surface area contributed by atoms with Crippen LogP contribution in [-0.4, -0.2) is 24.2 Å². The third-order valence-electron chi connectivity index (χ3n) is 5.71. The molecular formula is C28H43PSn. The van der Waals surface area contributed by atoms with E-state index in [2.05, 4.69) is 119 Å². The van der Waals surface area contributed by atoms with Crippen molar-refractivity contribution in [3.05, 3.63) is 58.7 Å². The molecule has 164 valence electrons. The van der Waals surface area contributed by atoms with E-state index in [0.29, 0.717) is 0 Å². The maximum absolute atomic E-state index is 2.48. The summed E-state index contributed by atoms with van der Waals surface area (Å²) in [7, 11) is 1.29. The molecule has 0 aliphatic rings. The predicted molar refractivity (Wildman–Crippen MR) is 144 cm³/mol. The van der Waals surface area contributed by atoms with Gasteiger partial charge in [0, 0.05) is 0 Å². The van der Waals surface area contributed by atoms with Gasteiger partial charge in [0.15, 0.2) is 0 Å². The third kappa shape index (κ3) is 6.46. The summed E-state index contributed by atoms with van der Waals surface area (Å²) >= 11 is -1.99. The number of rotatable bonds is 3. The first-order valence-corrected chi connectivity index (χ1v) is 22.2. The molecule has 0 atom stereocenters. The molecule has 2 heteroatoms. The first-order chi connectivity index (χ1) is 13.4. The molecule has 30 heavy (non-hydrogen) atoms. The predicted octanol–water partition coefficient (Wildman–Crippen LogP) is 7.55. The summed E-state index contributed by atoms with van der Waals surface area (Å²) in [6, 6.07) is 14.3. The van der Waals surface area contributed by atoms with Crippen LogP contribution in [0.1, 0.15) is 84.6 Å². The van der Waals surface area contributed by atoms with Gasteiger partial charge in [0.05, 0.1) is 0 Å². The van der Waals surface area contributed by atoms with Gasteiger partial charge < -0.3 is 0 Å². The topological polar surface area (TPSA) is 0 Å². The first kappa shape index (κ1) is 25.7. The number of hydrogen-bond acceptors (Lipinski definition) is 0. The normalized spacial score (nSPS) is 13.9. The fourth-order valence-corrected chi connectivity index (χ4v) is 8.42. The minimum atomic E-state index is -1.99. The molecule has 0 aromatic heterocycles. The van der Waals surface area contributed by atoms with E-state index < -0.39 is 18.4 Å². The van der Waals surface area contributed by atoms with Gasteiger partial charge >= 0.3 is 193 Å². The van der Waals surface area contributed by atoms with Crippen molar-refractivity contribution in [1.82, 2.24) is 0 Å². The molecule has 0 aliphatic carbocycles. The van der Waals surface area contributed by atoms with Gasteiger partial charge in [-0.1, -0.05) is 0 Å². The molecule has 0 radical (unpaired) electrons. The van der Waals surface area contributed by atoms with Crippen LogP contribution in [0.2, 0.25) is 14.8 Å². The summed E-state index contributed by atoms with van der Waals surface area (Å²) in [6.45, 7) is 21.1. The van der Waals surface area contributed by atoms with Crippen LogP contribution < -0.4 is 8.88 Å². The van der Waals surface area contributed by atoms with Gasteiger partial charge in [0.1, 0.15) is 0 Å². The average molecular weight is 529 g/mol. The van der Waals surface area contributed by atoms with E-state index in [1.807, 2.05) is 0 Å². The van der Waals surface area contributed by atoms with E-state index in [4.69, 9.17) is 0 Å². The summed E-state index contributed by atoms with van der Waals surface area (Å²) in [4.78, 5) is 7.44. The third-order valence-corrected chi connectivity index (χ3v) is 12.8. The molecular weight excluding hydrogens is 486 g/mol. The second kappa shape index (κ2) is 8.74. The van der Waals surface area contributed by atoms with E-state index in [9.17, 15) is 0 Å². The van der Waals surface area contributed by atoms with Crippen LogP contribution in [0.15, 0.2) is 36.4 Å². The van der Waals surface area contributed by atoms with Gasteiger partial charge in [-0.2, -0.15) is 0 Å². The molecule has 0 fully saturated rings. The summed E-state index contributed by atoms with van der Waals surface area (Å²) in [5.41, 5.74) is 6.12. The van der Waals surface area contributed by atoms with Crippen LogP contribution in [0.25, 0.3) is 0 Å². The summed E-state index contributed by atoms with van der Waals surface area (Å²) in [6.07, 6.45) is 0. The summed E-state index contributed by atoms with van der Waals surface area (Å²) < 4.78 is 1.60. The molecule has 0 bridgehead atoms. The SMILES string of the molecule is CC(C)(C)c1cc(C(C)(C)C)c(P=Cc2cc[c]([Sn]([CH3])([CH3])[CH3])cc2)c(C(C)(C)C)c1. The molecule has 0 aliphatic heterocycles. The molecule has 0 amide bonds. The average Bonchev–Trinajstić information content (AvgIpc) is 2.56. The zero-order valence-corrected chi connectivity index (χ0v) is 25.2. The van der Waals surface area contributed by atoms with Crippen molar-refractivity contribution in [2.75, 3.05) is 0 Å². The van der Waals surface area contributed by atoms with Crippen LogP contribution in [-0.2, 0) is 16.2 Å². The number of hydrogen-bond donors (Lipinski definition) is 0. The van der Waals surface area contributed by atoms with Crippen LogP contribution in [0.4, 0.5) is 0 Å². The Morgan fingerprint density at radius 3 is 1.43 bits per heavy atom. The Morgan fingerprint density at radius 1 is 0.667 bits per heavy atom. The molecule has 0 spiro atoms. The summed E-state index contributed by atoms with van der Waals surface area (Å²) in [5, 5.41) is 1.49. The Bertz CT molecular complexity index is 871. The Balaban J connectivity index is 2.66. The Hall–Kier alpha value is -0.591. The van der Waals surface area contributed by atoms with Crippen LogP contribution in [0.5, 0.6) is 0 Å². The van der Waals surface area contributed by atoms with Crippen LogP contribution in [0, 0.1) is 0 Å². The quantitative estimate of drug-likeness (QED) is 0.285. The van der Waals surface area contributed by atoms with Gasteiger partial charge in [-0.3, -0.25) is 0 Å². The van der Waals surface area contributed by atoms with Crippen molar-refractivity contribution in [3.8, 4) is 0 Å². The molecule has 0 nitrogen and oxygen atoms in total. The fourth-order valence-electron chi connectivity index (χ4n) is 3.56. The monoisotopic (exact) mass is 530 g/mol.